The lowest BCUT2D eigenvalue weighted by Gasteiger charge is -2.16. The fourth-order valence-corrected chi connectivity index (χ4v) is 2.45. The first-order valence-corrected chi connectivity index (χ1v) is 9.38. The maximum Gasteiger partial charge on any atom is 0.316 e. The number of carbonyl (C=O) groups excluding carboxylic acids is 1. The molecule has 0 radical (unpaired) electrons. The summed E-state index contributed by atoms with van der Waals surface area (Å²) in [7, 11) is 0. The second kappa shape index (κ2) is 8.83. The Morgan fingerprint density at radius 1 is 1.10 bits per heavy atom. The summed E-state index contributed by atoms with van der Waals surface area (Å²) in [5.41, 5.74) is 6.67. The van der Waals surface area contributed by atoms with E-state index in [9.17, 15) is 4.79 Å². The second-order valence-corrected chi connectivity index (χ2v) is 7.55. The van der Waals surface area contributed by atoms with Crippen LogP contribution < -0.4 is 15.2 Å². The van der Waals surface area contributed by atoms with Gasteiger partial charge in [0, 0.05) is 17.7 Å². The zero-order valence-corrected chi connectivity index (χ0v) is 16.8. The molecule has 0 bridgehead atoms. The van der Waals surface area contributed by atoms with Gasteiger partial charge in [-0.1, -0.05) is 18.2 Å². The van der Waals surface area contributed by atoms with Crippen molar-refractivity contribution >= 4 is 5.97 Å². The average molecular weight is 395 g/mol. The van der Waals surface area contributed by atoms with Gasteiger partial charge in [-0.3, -0.25) is 4.79 Å². The van der Waals surface area contributed by atoms with Gasteiger partial charge in [-0.25, -0.2) is 0 Å². The minimum absolute atomic E-state index is 0.287. The van der Waals surface area contributed by atoms with Gasteiger partial charge in [0.25, 0.3) is 0 Å². The van der Waals surface area contributed by atoms with Crippen molar-refractivity contribution in [2.75, 3.05) is 13.2 Å². The van der Waals surface area contributed by atoms with Gasteiger partial charge in [0.15, 0.2) is 0 Å². The number of rotatable bonds is 7. The minimum atomic E-state index is -0.562. The SMILES string of the molecule is CC(C)(C)C(=O)Oc1ccc(-c2nnn(Cc3ccccc3OCCN)n2)cc1. The molecule has 29 heavy (non-hydrogen) atoms. The third-order valence-corrected chi connectivity index (χ3v) is 4.05. The van der Waals surface area contributed by atoms with Crippen LogP contribution in [0.3, 0.4) is 0 Å². The highest BCUT2D eigenvalue weighted by atomic mass is 16.5. The Bertz CT molecular complexity index is 961. The standard InChI is InChI=1S/C21H25N5O3/c1-21(2,3)20(27)29-17-10-8-15(9-11-17)19-23-25-26(24-19)14-16-6-4-5-7-18(16)28-13-12-22/h4-11H,12-14,22H2,1-3H3. The molecule has 3 aromatic rings. The van der Waals surface area contributed by atoms with Crippen LogP contribution in [0.25, 0.3) is 11.4 Å². The molecule has 0 aliphatic rings. The predicted molar refractivity (Wildman–Crippen MR) is 108 cm³/mol. The number of hydrogen-bond acceptors (Lipinski definition) is 7. The van der Waals surface area contributed by atoms with Crippen LogP contribution in [0.5, 0.6) is 11.5 Å². The molecule has 3 rings (SSSR count). The van der Waals surface area contributed by atoms with Crippen LogP contribution in [0.15, 0.2) is 48.5 Å². The number of benzene rings is 2. The molecule has 0 atom stereocenters. The number of aromatic nitrogens is 4. The summed E-state index contributed by atoms with van der Waals surface area (Å²) in [6.07, 6.45) is 0. The summed E-state index contributed by atoms with van der Waals surface area (Å²) in [6, 6.07) is 14.7. The lowest BCUT2D eigenvalue weighted by molar-refractivity contribution is -0.142. The Kier molecular flexibility index (Phi) is 6.23. The topological polar surface area (TPSA) is 105 Å². The molecule has 0 saturated heterocycles. The first-order valence-electron chi connectivity index (χ1n) is 9.38. The van der Waals surface area contributed by atoms with E-state index in [2.05, 4.69) is 15.4 Å². The summed E-state index contributed by atoms with van der Waals surface area (Å²) >= 11 is 0. The molecule has 0 aliphatic carbocycles. The van der Waals surface area contributed by atoms with Crippen molar-refractivity contribution < 1.29 is 14.3 Å². The van der Waals surface area contributed by atoms with Crippen LogP contribution in [0.2, 0.25) is 0 Å². The maximum absolute atomic E-state index is 12.0. The van der Waals surface area contributed by atoms with Crippen molar-refractivity contribution in [2.24, 2.45) is 11.1 Å². The molecule has 2 aromatic carbocycles. The van der Waals surface area contributed by atoms with Crippen LogP contribution in [0.4, 0.5) is 0 Å². The first kappa shape index (κ1) is 20.5. The lowest BCUT2D eigenvalue weighted by Crippen LogP contribution is -2.25. The average Bonchev–Trinajstić information content (AvgIpc) is 3.15. The van der Waals surface area contributed by atoms with E-state index in [1.54, 1.807) is 24.3 Å². The molecular weight excluding hydrogens is 370 g/mol. The molecule has 0 unspecified atom stereocenters. The van der Waals surface area contributed by atoms with E-state index < -0.39 is 5.41 Å². The Labute approximate surface area is 169 Å². The van der Waals surface area contributed by atoms with E-state index in [-0.39, 0.29) is 5.97 Å². The van der Waals surface area contributed by atoms with E-state index in [1.807, 2.05) is 45.0 Å². The number of hydrogen-bond donors (Lipinski definition) is 1. The Morgan fingerprint density at radius 3 is 2.52 bits per heavy atom. The normalized spacial score (nSPS) is 11.3. The zero-order chi connectivity index (χ0) is 20.9. The molecule has 1 heterocycles. The van der Waals surface area contributed by atoms with Crippen molar-refractivity contribution in [1.82, 2.24) is 20.2 Å². The zero-order valence-electron chi connectivity index (χ0n) is 16.8. The number of esters is 1. The summed E-state index contributed by atoms with van der Waals surface area (Å²) < 4.78 is 11.0. The summed E-state index contributed by atoms with van der Waals surface area (Å²) in [5, 5.41) is 12.7. The minimum Gasteiger partial charge on any atom is -0.492 e. The molecule has 0 saturated carbocycles. The number of para-hydroxylation sites is 1. The second-order valence-electron chi connectivity index (χ2n) is 7.55. The fraction of sp³-hybridized carbons (Fsp3) is 0.333. The number of ether oxygens (including phenoxy) is 2. The van der Waals surface area contributed by atoms with Gasteiger partial charge >= 0.3 is 5.97 Å². The van der Waals surface area contributed by atoms with Crippen molar-refractivity contribution in [1.29, 1.82) is 0 Å². The number of nitrogens with zero attached hydrogens (tertiary/aromatic N) is 4. The number of nitrogens with two attached hydrogens (primary N) is 1. The lowest BCUT2D eigenvalue weighted by atomic mass is 9.97. The third-order valence-electron chi connectivity index (χ3n) is 4.05. The summed E-state index contributed by atoms with van der Waals surface area (Å²) in [4.78, 5) is 13.5. The van der Waals surface area contributed by atoms with E-state index in [0.717, 1.165) is 16.9 Å². The van der Waals surface area contributed by atoms with E-state index in [4.69, 9.17) is 15.2 Å². The van der Waals surface area contributed by atoms with Gasteiger partial charge < -0.3 is 15.2 Å². The number of carbonyl (C=O) groups is 1. The van der Waals surface area contributed by atoms with Gasteiger partial charge in [0.05, 0.1) is 12.0 Å². The van der Waals surface area contributed by atoms with Crippen molar-refractivity contribution in [3.05, 3.63) is 54.1 Å². The van der Waals surface area contributed by atoms with Crippen LogP contribution in [0, 0.1) is 5.41 Å². The van der Waals surface area contributed by atoms with E-state index >= 15 is 0 Å². The van der Waals surface area contributed by atoms with Gasteiger partial charge in [0.2, 0.25) is 5.82 Å². The fourth-order valence-electron chi connectivity index (χ4n) is 2.45. The third kappa shape index (κ3) is 5.39. The molecule has 8 heteroatoms. The summed E-state index contributed by atoms with van der Waals surface area (Å²) in [5.74, 6) is 1.43. The Hall–Kier alpha value is -3.26. The number of tetrazole rings is 1. The molecule has 152 valence electrons. The van der Waals surface area contributed by atoms with Crippen LogP contribution in [-0.2, 0) is 11.3 Å². The monoisotopic (exact) mass is 395 g/mol. The quantitative estimate of drug-likeness (QED) is 0.484. The van der Waals surface area contributed by atoms with Gasteiger partial charge in [-0.15, -0.1) is 10.2 Å². The van der Waals surface area contributed by atoms with Crippen LogP contribution in [0.1, 0.15) is 26.3 Å². The summed E-state index contributed by atoms with van der Waals surface area (Å²) in [6.45, 7) is 6.75. The molecule has 0 amide bonds. The van der Waals surface area contributed by atoms with Crippen molar-refractivity contribution in [3.63, 3.8) is 0 Å². The van der Waals surface area contributed by atoms with Gasteiger partial charge in [-0.2, -0.15) is 4.80 Å². The molecule has 0 aliphatic heterocycles. The molecule has 2 N–H and O–H groups in total. The smallest absolute Gasteiger partial charge is 0.316 e. The maximum atomic E-state index is 12.0. The molecule has 8 nitrogen and oxygen atoms in total. The Balaban J connectivity index is 1.70. The van der Waals surface area contributed by atoms with E-state index in [0.29, 0.717) is 31.3 Å². The highest BCUT2D eigenvalue weighted by Gasteiger charge is 2.23. The Morgan fingerprint density at radius 2 is 1.83 bits per heavy atom. The first-order chi connectivity index (χ1) is 13.9. The molecule has 0 spiro atoms. The molecule has 1 aromatic heterocycles. The van der Waals surface area contributed by atoms with Crippen LogP contribution >= 0.6 is 0 Å². The molecule has 0 fully saturated rings. The predicted octanol–water partition coefficient (Wildman–Crippen LogP) is 2.68. The van der Waals surface area contributed by atoms with Crippen LogP contribution in [-0.4, -0.2) is 39.3 Å². The van der Waals surface area contributed by atoms with Crippen molar-refractivity contribution in [2.45, 2.75) is 27.3 Å². The van der Waals surface area contributed by atoms with E-state index in [1.165, 1.54) is 4.80 Å². The highest BCUT2D eigenvalue weighted by molar-refractivity contribution is 5.78. The molecular formula is C21H25N5O3. The highest BCUT2D eigenvalue weighted by Crippen LogP contribution is 2.23. The van der Waals surface area contributed by atoms with Gasteiger partial charge in [-0.05, 0) is 56.3 Å². The van der Waals surface area contributed by atoms with Gasteiger partial charge in [0.1, 0.15) is 18.1 Å². The van der Waals surface area contributed by atoms with Crippen molar-refractivity contribution in [3.8, 4) is 22.9 Å². The largest absolute Gasteiger partial charge is 0.492 e.